The Hall–Kier alpha value is -2.08. The average molecular weight is 361 g/mol. The third-order valence-electron chi connectivity index (χ3n) is 4.76. The van der Waals surface area contributed by atoms with Crippen LogP contribution in [0.3, 0.4) is 0 Å². The van der Waals surface area contributed by atoms with E-state index in [4.69, 9.17) is 10.5 Å². The number of carbonyl (C=O) groups excluding carboxylic acids is 2. The summed E-state index contributed by atoms with van der Waals surface area (Å²) in [7, 11) is 1.56. The molecule has 2 amide bonds. The zero-order valence-corrected chi connectivity index (χ0v) is 16.0. The van der Waals surface area contributed by atoms with Gasteiger partial charge in [-0.15, -0.1) is 0 Å². The van der Waals surface area contributed by atoms with Gasteiger partial charge in [0.15, 0.2) is 0 Å². The van der Waals surface area contributed by atoms with E-state index < -0.39 is 6.04 Å². The van der Waals surface area contributed by atoms with Crippen LogP contribution in [-0.2, 0) is 9.59 Å². The molecule has 6 heteroatoms. The number of rotatable bonds is 7. The summed E-state index contributed by atoms with van der Waals surface area (Å²) in [5.74, 6) is 0.748. The summed E-state index contributed by atoms with van der Waals surface area (Å²) in [6, 6.07) is 4.65. The standard InChI is InChI=1S/C20H31N3O3/c1-13(2)11-16(21)20(25)22-15-9-10-18(26-3)17(12-15)23-19(24)14-7-5-4-6-8-14/h9-10,12-14,16H,4-8,11,21H2,1-3H3,(H,22,25)(H,23,24)/t16-/m0/s1. The van der Waals surface area contributed by atoms with Crippen molar-refractivity contribution < 1.29 is 14.3 Å². The Morgan fingerprint density at radius 1 is 1.19 bits per heavy atom. The van der Waals surface area contributed by atoms with Crippen molar-refractivity contribution in [3.05, 3.63) is 18.2 Å². The lowest BCUT2D eigenvalue weighted by Crippen LogP contribution is -2.36. The molecular weight excluding hydrogens is 330 g/mol. The van der Waals surface area contributed by atoms with Gasteiger partial charge in [-0.3, -0.25) is 9.59 Å². The smallest absolute Gasteiger partial charge is 0.241 e. The number of carbonyl (C=O) groups is 2. The number of nitrogens with two attached hydrogens (primary N) is 1. The number of amides is 2. The molecule has 0 heterocycles. The lowest BCUT2D eigenvalue weighted by Gasteiger charge is -2.22. The molecule has 2 rings (SSSR count). The van der Waals surface area contributed by atoms with Crippen LogP contribution in [0, 0.1) is 11.8 Å². The highest BCUT2D eigenvalue weighted by Gasteiger charge is 2.22. The van der Waals surface area contributed by atoms with Gasteiger partial charge in [-0.2, -0.15) is 0 Å². The lowest BCUT2D eigenvalue weighted by molar-refractivity contribution is -0.120. The minimum atomic E-state index is -0.558. The Balaban J connectivity index is 2.07. The van der Waals surface area contributed by atoms with Crippen LogP contribution < -0.4 is 21.1 Å². The molecule has 144 valence electrons. The summed E-state index contributed by atoms with van der Waals surface area (Å²) in [4.78, 5) is 24.8. The number of ether oxygens (including phenoxy) is 1. The van der Waals surface area contributed by atoms with Crippen molar-refractivity contribution in [1.29, 1.82) is 0 Å². The second-order valence-electron chi connectivity index (χ2n) is 7.46. The minimum absolute atomic E-state index is 0.0167. The molecule has 0 radical (unpaired) electrons. The first-order valence-electron chi connectivity index (χ1n) is 9.46. The minimum Gasteiger partial charge on any atom is -0.495 e. The third-order valence-corrected chi connectivity index (χ3v) is 4.76. The van der Waals surface area contributed by atoms with E-state index in [1.165, 1.54) is 6.42 Å². The third kappa shape index (κ3) is 5.73. The molecule has 1 atom stereocenters. The average Bonchev–Trinajstić information content (AvgIpc) is 2.62. The van der Waals surface area contributed by atoms with Crippen LogP contribution in [0.5, 0.6) is 5.75 Å². The highest BCUT2D eigenvalue weighted by Crippen LogP contribution is 2.30. The van der Waals surface area contributed by atoms with E-state index in [9.17, 15) is 9.59 Å². The second-order valence-corrected chi connectivity index (χ2v) is 7.46. The molecular formula is C20H31N3O3. The van der Waals surface area contributed by atoms with Crippen LogP contribution >= 0.6 is 0 Å². The van der Waals surface area contributed by atoms with Crippen LogP contribution in [-0.4, -0.2) is 25.0 Å². The summed E-state index contributed by atoms with van der Waals surface area (Å²) in [6.07, 6.45) is 5.86. The van der Waals surface area contributed by atoms with Gasteiger partial charge in [-0.05, 0) is 43.4 Å². The van der Waals surface area contributed by atoms with Gasteiger partial charge in [0.05, 0.1) is 18.8 Å². The fraction of sp³-hybridized carbons (Fsp3) is 0.600. The zero-order chi connectivity index (χ0) is 19.1. The van der Waals surface area contributed by atoms with E-state index in [0.717, 1.165) is 25.7 Å². The molecule has 0 aromatic heterocycles. The van der Waals surface area contributed by atoms with Crippen LogP contribution in [0.4, 0.5) is 11.4 Å². The molecule has 1 aromatic carbocycles. The summed E-state index contributed by atoms with van der Waals surface area (Å²) in [5, 5.41) is 5.78. The van der Waals surface area contributed by atoms with E-state index in [1.54, 1.807) is 25.3 Å². The van der Waals surface area contributed by atoms with Gasteiger partial charge in [0.1, 0.15) is 5.75 Å². The second kappa shape index (κ2) is 9.57. The molecule has 0 saturated heterocycles. The fourth-order valence-corrected chi connectivity index (χ4v) is 3.33. The van der Waals surface area contributed by atoms with E-state index in [0.29, 0.717) is 29.5 Å². The fourth-order valence-electron chi connectivity index (χ4n) is 3.33. The van der Waals surface area contributed by atoms with Crippen molar-refractivity contribution in [1.82, 2.24) is 0 Å². The predicted molar refractivity (Wildman–Crippen MR) is 104 cm³/mol. The molecule has 4 N–H and O–H groups in total. The predicted octanol–water partition coefficient (Wildman–Crippen LogP) is 3.53. The number of benzene rings is 1. The van der Waals surface area contributed by atoms with E-state index >= 15 is 0 Å². The SMILES string of the molecule is COc1ccc(NC(=O)[C@@H](N)CC(C)C)cc1NC(=O)C1CCCCC1. The maximum Gasteiger partial charge on any atom is 0.241 e. The highest BCUT2D eigenvalue weighted by molar-refractivity contribution is 5.97. The van der Waals surface area contributed by atoms with Crippen molar-refractivity contribution in [2.45, 2.75) is 58.4 Å². The maximum absolute atomic E-state index is 12.5. The molecule has 6 nitrogen and oxygen atoms in total. The molecule has 1 aliphatic rings. The number of anilines is 2. The van der Waals surface area contributed by atoms with Crippen LogP contribution in [0.2, 0.25) is 0 Å². The topological polar surface area (TPSA) is 93.4 Å². The summed E-state index contributed by atoms with van der Waals surface area (Å²) >= 11 is 0. The quantitative estimate of drug-likeness (QED) is 0.692. The van der Waals surface area contributed by atoms with Crippen molar-refractivity contribution in [3.8, 4) is 5.75 Å². The van der Waals surface area contributed by atoms with Gasteiger partial charge in [0.2, 0.25) is 11.8 Å². The number of hydrogen-bond acceptors (Lipinski definition) is 4. The van der Waals surface area contributed by atoms with E-state index in [-0.39, 0.29) is 17.7 Å². The lowest BCUT2D eigenvalue weighted by atomic mass is 9.88. The normalized spacial score (nSPS) is 16.2. The van der Waals surface area contributed by atoms with Gasteiger partial charge in [-0.1, -0.05) is 33.1 Å². The Morgan fingerprint density at radius 2 is 1.88 bits per heavy atom. The first kappa shape index (κ1) is 20.2. The summed E-state index contributed by atoms with van der Waals surface area (Å²) < 4.78 is 5.34. The molecule has 0 aliphatic heterocycles. The number of nitrogens with one attached hydrogen (secondary N) is 2. The van der Waals surface area contributed by atoms with Gasteiger partial charge in [-0.25, -0.2) is 0 Å². The van der Waals surface area contributed by atoms with Gasteiger partial charge >= 0.3 is 0 Å². The molecule has 0 spiro atoms. The van der Waals surface area contributed by atoms with Crippen molar-refractivity contribution >= 4 is 23.2 Å². The molecule has 1 aromatic rings. The molecule has 1 saturated carbocycles. The molecule has 0 unspecified atom stereocenters. The van der Waals surface area contributed by atoms with E-state index in [2.05, 4.69) is 10.6 Å². The van der Waals surface area contributed by atoms with Crippen LogP contribution in [0.25, 0.3) is 0 Å². The van der Waals surface area contributed by atoms with Crippen molar-refractivity contribution in [2.75, 3.05) is 17.7 Å². The van der Waals surface area contributed by atoms with Crippen LogP contribution in [0.15, 0.2) is 18.2 Å². The van der Waals surface area contributed by atoms with Gasteiger partial charge in [0.25, 0.3) is 0 Å². The number of methoxy groups -OCH3 is 1. The van der Waals surface area contributed by atoms with Crippen molar-refractivity contribution in [3.63, 3.8) is 0 Å². The maximum atomic E-state index is 12.5. The largest absolute Gasteiger partial charge is 0.495 e. The molecule has 26 heavy (non-hydrogen) atoms. The monoisotopic (exact) mass is 361 g/mol. The Labute approximate surface area is 155 Å². The Bertz CT molecular complexity index is 625. The molecule has 0 bridgehead atoms. The summed E-state index contributed by atoms with van der Waals surface area (Å²) in [6.45, 7) is 4.05. The summed E-state index contributed by atoms with van der Waals surface area (Å²) in [5.41, 5.74) is 7.09. The molecule has 1 fully saturated rings. The number of hydrogen-bond donors (Lipinski definition) is 3. The first-order chi connectivity index (χ1) is 12.4. The first-order valence-corrected chi connectivity index (χ1v) is 9.46. The van der Waals surface area contributed by atoms with Gasteiger partial charge < -0.3 is 21.1 Å². The van der Waals surface area contributed by atoms with Gasteiger partial charge in [0, 0.05) is 11.6 Å². The highest BCUT2D eigenvalue weighted by atomic mass is 16.5. The molecule has 1 aliphatic carbocycles. The Kier molecular flexibility index (Phi) is 7.45. The zero-order valence-electron chi connectivity index (χ0n) is 16.0. The van der Waals surface area contributed by atoms with Crippen LogP contribution in [0.1, 0.15) is 52.4 Å². The van der Waals surface area contributed by atoms with E-state index in [1.807, 2.05) is 13.8 Å². The Morgan fingerprint density at radius 3 is 2.50 bits per heavy atom. The van der Waals surface area contributed by atoms with Crippen molar-refractivity contribution in [2.24, 2.45) is 17.6 Å².